The van der Waals surface area contributed by atoms with Gasteiger partial charge < -0.3 is 9.84 Å². The highest BCUT2D eigenvalue weighted by molar-refractivity contribution is 6.32. The van der Waals surface area contributed by atoms with E-state index < -0.39 is 0 Å². The minimum Gasteiger partial charge on any atom is -0.356 e. The summed E-state index contributed by atoms with van der Waals surface area (Å²) in [6.07, 6.45) is 1.67. The fourth-order valence-electron chi connectivity index (χ4n) is 2.06. The Kier molecular flexibility index (Phi) is 3.58. The molecule has 0 bridgehead atoms. The highest BCUT2D eigenvalue weighted by atomic mass is 35.5. The van der Waals surface area contributed by atoms with E-state index in [4.69, 9.17) is 16.1 Å². The molecule has 2 heterocycles. The molecule has 0 aliphatic carbocycles. The van der Waals surface area contributed by atoms with Gasteiger partial charge in [-0.15, -0.1) is 0 Å². The van der Waals surface area contributed by atoms with Gasteiger partial charge in [-0.25, -0.2) is 4.98 Å². The molecule has 3 aromatic rings. The molecule has 0 aliphatic rings. The van der Waals surface area contributed by atoms with Gasteiger partial charge in [0, 0.05) is 11.6 Å². The zero-order valence-electron chi connectivity index (χ0n) is 11.3. The molecule has 1 aromatic carbocycles. The van der Waals surface area contributed by atoms with Crippen molar-refractivity contribution in [2.24, 2.45) is 0 Å². The molecule has 0 fully saturated rings. The van der Waals surface area contributed by atoms with Crippen LogP contribution in [-0.4, -0.2) is 16.0 Å². The summed E-state index contributed by atoms with van der Waals surface area (Å²) in [4.78, 5) is 16.0. The number of nitrogens with zero attached hydrogens (tertiary/aromatic N) is 2. The predicted octanol–water partition coefficient (Wildman–Crippen LogP) is 3.37. The zero-order valence-corrected chi connectivity index (χ0v) is 12.0. The quantitative estimate of drug-likeness (QED) is 0.753. The molecule has 0 spiro atoms. The third-order valence-corrected chi connectivity index (χ3v) is 3.36. The van der Waals surface area contributed by atoms with E-state index in [0.717, 1.165) is 10.9 Å². The number of pyridine rings is 1. The van der Waals surface area contributed by atoms with Crippen molar-refractivity contribution in [1.82, 2.24) is 10.1 Å². The number of hydrogen-bond acceptors (Lipinski definition) is 4. The summed E-state index contributed by atoms with van der Waals surface area (Å²) in [5.74, 6) is -0.221. The standard InChI is InChI=1S/C15H12ClN3O2/c1-9-4-5-13-10(7-9)12(19-21-13)8-14(20)18-11-3-2-6-17-15(11)16/h2-7H,8H2,1H3,(H,18,20). The van der Waals surface area contributed by atoms with Gasteiger partial charge >= 0.3 is 0 Å². The van der Waals surface area contributed by atoms with Crippen LogP contribution in [0.15, 0.2) is 41.1 Å². The van der Waals surface area contributed by atoms with Crippen LogP contribution in [-0.2, 0) is 11.2 Å². The molecule has 3 rings (SSSR count). The first-order valence-corrected chi connectivity index (χ1v) is 6.76. The molecule has 0 atom stereocenters. The second kappa shape index (κ2) is 5.54. The lowest BCUT2D eigenvalue weighted by Crippen LogP contribution is -2.15. The van der Waals surface area contributed by atoms with Crippen LogP contribution >= 0.6 is 11.6 Å². The summed E-state index contributed by atoms with van der Waals surface area (Å²) in [7, 11) is 0. The molecule has 106 valence electrons. The Hall–Kier alpha value is -2.40. The predicted molar refractivity (Wildman–Crippen MR) is 80.3 cm³/mol. The minimum atomic E-state index is -0.221. The monoisotopic (exact) mass is 301 g/mol. The fraction of sp³-hybridized carbons (Fsp3) is 0.133. The average Bonchev–Trinajstić information content (AvgIpc) is 2.84. The second-order valence-corrected chi connectivity index (χ2v) is 5.05. The largest absolute Gasteiger partial charge is 0.356 e. The Bertz CT molecular complexity index is 814. The van der Waals surface area contributed by atoms with Crippen LogP contribution in [0.5, 0.6) is 0 Å². The number of amides is 1. The SMILES string of the molecule is Cc1ccc2onc(CC(=O)Nc3cccnc3Cl)c2c1. The number of anilines is 1. The normalized spacial score (nSPS) is 10.8. The zero-order chi connectivity index (χ0) is 14.8. The van der Waals surface area contributed by atoms with Gasteiger partial charge in [0.05, 0.1) is 12.1 Å². The molecular formula is C15H12ClN3O2. The minimum absolute atomic E-state index is 0.113. The molecule has 1 N–H and O–H groups in total. The summed E-state index contributed by atoms with van der Waals surface area (Å²) in [6, 6.07) is 9.13. The van der Waals surface area contributed by atoms with Gasteiger partial charge in [0.15, 0.2) is 10.7 Å². The molecule has 0 aliphatic heterocycles. The number of carbonyl (C=O) groups is 1. The lowest BCUT2D eigenvalue weighted by molar-refractivity contribution is -0.115. The molecule has 0 saturated heterocycles. The van der Waals surface area contributed by atoms with E-state index in [1.54, 1.807) is 18.3 Å². The highest BCUT2D eigenvalue weighted by Crippen LogP contribution is 2.21. The first kappa shape index (κ1) is 13.6. The van der Waals surface area contributed by atoms with Crippen LogP contribution < -0.4 is 5.32 Å². The Labute approximate surface area is 125 Å². The molecule has 0 unspecified atom stereocenters. The van der Waals surface area contributed by atoms with Crippen LogP contribution in [0.2, 0.25) is 5.15 Å². The van der Waals surface area contributed by atoms with E-state index >= 15 is 0 Å². The van der Waals surface area contributed by atoms with Gasteiger partial charge in [-0.2, -0.15) is 0 Å². The van der Waals surface area contributed by atoms with E-state index in [9.17, 15) is 4.79 Å². The van der Waals surface area contributed by atoms with E-state index in [0.29, 0.717) is 17.0 Å². The number of hydrogen-bond donors (Lipinski definition) is 1. The Morgan fingerprint density at radius 1 is 1.38 bits per heavy atom. The van der Waals surface area contributed by atoms with Crippen molar-refractivity contribution >= 4 is 34.2 Å². The summed E-state index contributed by atoms with van der Waals surface area (Å²) >= 11 is 5.91. The van der Waals surface area contributed by atoms with E-state index in [2.05, 4.69) is 15.5 Å². The topological polar surface area (TPSA) is 68.0 Å². The lowest BCUT2D eigenvalue weighted by Gasteiger charge is -2.04. The summed E-state index contributed by atoms with van der Waals surface area (Å²) in [5.41, 5.74) is 2.84. The van der Waals surface area contributed by atoms with Crippen molar-refractivity contribution in [2.75, 3.05) is 5.32 Å². The van der Waals surface area contributed by atoms with Gasteiger partial charge in [-0.05, 0) is 31.2 Å². The molecule has 5 nitrogen and oxygen atoms in total. The van der Waals surface area contributed by atoms with E-state index in [1.165, 1.54) is 0 Å². The van der Waals surface area contributed by atoms with Crippen molar-refractivity contribution in [1.29, 1.82) is 0 Å². The smallest absolute Gasteiger partial charge is 0.230 e. The third-order valence-electron chi connectivity index (χ3n) is 3.06. The molecular weight excluding hydrogens is 290 g/mol. The van der Waals surface area contributed by atoms with Gasteiger partial charge in [-0.1, -0.05) is 28.4 Å². The molecule has 21 heavy (non-hydrogen) atoms. The fourth-order valence-corrected chi connectivity index (χ4v) is 2.22. The van der Waals surface area contributed by atoms with Crippen molar-refractivity contribution in [2.45, 2.75) is 13.3 Å². The van der Waals surface area contributed by atoms with Crippen LogP contribution in [0.1, 0.15) is 11.3 Å². The van der Waals surface area contributed by atoms with Crippen molar-refractivity contribution in [3.63, 3.8) is 0 Å². The Morgan fingerprint density at radius 2 is 2.24 bits per heavy atom. The maximum atomic E-state index is 12.1. The molecule has 0 saturated carbocycles. The van der Waals surface area contributed by atoms with Crippen LogP contribution in [0.3, 0.4) is 0 Å². The second-order valence-electron chi connectivity index (χ2n) is 4.70. The lowest BCUT2D eigenvalue weighted by atomic mass is 10.1. The number of benzene rings is 1. The van der Waals surface area contributed by atoms with Crippen LogP contribution in [0.4, 0.5) is 5.69 Å². The number of fused-ring (bicyclic) bond motifs is 1. The van der Waals surface area contributed by atoms with E-state index in [-0.39, 0.29) is 17.5 Å². The number of aryl methyl sites for hydroxylation is 1. The maximum absolute atomic E-state index is 12.1. The van der Waals surface area contributed by atoms with Gasteiger partial charge in [0.25, 0.3) is 0 Å². The van der Waals surface area contributed by atoms with E-state index in [1.807, 2.05) is 25.1 Å². The maximum Gasteiger partial charge on any atom is 0.230 e. The number of nitrogens with one attached hydrogen (secondary N) is 1. The number of aromatic nitrogens is 2. The Balaban J connectivity index is 1.80. The van der Waals surface area contributed by atoms with Gasteiger partial charge in [0.2, 0.25) is 5.91 Å². The Morgan fingerprint density at radius 3 is 3.05 bits per heavy atom. The average molecular weight is 302 g/mol. The van der Waals surface area contributed by atoms with Gasteiger partial charge in [0.1, 0.15) is 5.69 Å². The van der Waals surface area contributed by atoms with Crippen LogP contribution in [0, 0.1) is 6.92 Å². The third kappa shape index (κ3) is 2.87. The molecule has 1 amide bonds. The summed E-state index contributed by atoms with van der Waals surface area (Å²) < 4.78 is 5.21. The number of carbonyl (C=O) groups excluding carboxylic acids is 1. The first-order chi connectivity index (χ1) is 10.1. The first-order valence-electron chi connectivity index (χ1n) is 6.39. The highest BCUT2D eigenvalue weighted by Gasteiger charge is 2.13. The van der Waals surface area contributed by atoms with Crippen molar-refractivity contribution in [3.05, 3.63) is 52.9 Å². The summed E-state index contributed by atoms with van der Waals surface area (Å²) in [5, 5.41) is 7.77. The van der Waals surface area contributed by atoms with Crippen molar-refractivity contribution < 1.29 is 9.32 Å². The molecule has 2 aromatic heterocycles. The number of halogens is 1. The summed E-state index contributed by atoms with van der Waals surface area (Å²) in [6.45, 7) is 1.98. The molecule has 6 heteroatoms. The van der Waals surface area contributed by atoms with Gasteiger partial charge in [-0.3, -0.25) is 4.79 Å². The van der Waals surface area contributed by atoms with Crippen molar-refractivity contribution in [3.8, 4) is 0 Å². The van der Waals surface area contributed by atoms with Crippen LogP contribution in [0.25, 0.3) is 11.0 Å². The molecule has 0 radical (unpaired) electrons. The number of rotatable bonds is 3.